The second-order valence-electron chi connectivity index (χ2n) is 11.0. The van der Waals surface area contributed by atoms with Crippen molar-refractivity contribution in [1.29, 1.82) is 0 Å². The minimum atomic E-state index is 0.537. The van der Waals surface area contributed by atoms with E-state index in [9.17, 15) is 0 Å². The van der Waals surface area contributed by atoms with E-state index in [0.717, 1.165) is 0 Å². The molecule has 0 saturated carbocycles. The third-order valence-corrected chi connectivity index (χ3v) is 7.34. The summed E-state index contributed by atoms with van der Waals surface area (Å²) in [6, 6.07) is 51.5. The van der Waals surface area contributed by atoms with Crippen LogP contribution in [0.25, 0.3) is 0 Å². The van der Waals surface area contributed by atoms with E-state index in [0.29, 0.717) is 80.4 Å². The maximum absolute atomic E-state index is 6.18. The molecule has 0 aliphatic heterocycles. The fraction of sp³-hybridized carbons (Fsp3) is 0. The van der Waals surface area contributed by atoms with Gasteiger partial charge in [0.05, 0.1) is 11.4 Å². The van der Waals surface area contributed by atoms with E-state index in [1.165, 1.54) is 0 Å². The monoisotopic (exact) mass is 660 g/mol. The smallest absolute Gasteiger partial charge is 0.170 e. The van der Waals surface area contributed by atoms with Crippen LogP contribution in [0.2, 0.25) is 0 Å². The molecule has 0 atom stereocenters. The maximum atomic E-state index is 6.18. The average Bonchev–Trinajstić information content (AvgIpc) is 3.13. The third kappa shape index (κ3) is 7.90. The Labute approximate surface area is 289 Å². The van der Waals surface area contributed by atoms with Crippen LogP contribution in [0.3, 0.4) is 0 Å². The predicted molar refractivity (Wildman–Crippen MR) is 194 cm³/mol. The van der Waals surface area contributed by atoms with E-state index in [1.807, 2.05) is 158 Å². The minimum Gasteiger partial charge on any atom is -0.457 e. The lowest BCUT2D eigenvalue weighted by atomic mass is 10.2. The highest BCUT2D eigenvalue weighted by Gasteiger charge is 2.12. The van der Waals surface area contributed by atoms with Gasteiger partial charge in [-0.2, -0.15) is 0 Å². The van der Waals surface area contributed by atoms with Crippen molar-refractivity contribution in [2.24, 2.45) is 0 Å². The fourth-order valence-electron chi connectivity index (χ4n) is 4.93. The number of ether oxygens (including phenoxy) is 6. The molecule has 7 aromatic rings. The van der Waals surface area contributed by atoms with Gasteiger partial charge in [0, 0.05) is 12.1 Å². The highest BCUT2D eigenvalue weighted by Crippen LogP contribution is 2.39. The third-order valence-electron chi connectivity index (χ3n) is 7.34. The summed E-state index contributed by atoms with van der Waals surface area (Å²) in [4.78, 5) is 0. The minimum absolute atomic E-state index is 0.537. The number of anilines is 2. The molecule has 0 aliphatic carbocycles. The number of nitrogen functional groups attached to an aromatic ring is 2. The van der Waals surface area contributed by atoms with Crippen molar-refractivity contribution in [2.45, 2.75) is 0 Å². The van der Waals surface area contributed by atoms with E-state index in [4.69, 9.17) is 39.9 Å². The van der Waals surface area contributed by atoms with E-state index in [2.05, 4.69) is 0 Å². The molecule has 8 nitrogen and oxygen atoms in total. The summed E-state index contributed by atoms with van der Waals surface area (Å²) in [5.74, 6) is 6.89. The van der Waals surface area contributed by atoms with Crippen LogP contribution in [-0.2, 0) is 0 Å². The summed E-state index contributed by atoms with van der Waals surface area (Å²) in [5, 5.41) is 0. The lowest BCUT2D eigenvalue weighted by Gasteiger charge is -2.14. The molecule has 0 aliphatic rings. The van der Waals surface area contributed by atoms with E-state index >= 15 is 0 Å². The summed E-state index contributed by atoms with van der Waals surface area (Å²) in [6.07, 6.45) is 0. The molecule has 8 heteroatoms. The highest BCUT2D eigenvalue weighted by molar-refractivity contribution is 5.57. The second-order valence-corrected chi connectivity index (χ2v) is 11.0. The summed E-state index contributed by atoms with van der Waals surface area (Å²) in [6.45, 7) is 0. The second kappa shape index (κ2) is 14.8. The SMILES string of the molecule is Nc1ccccc1Oc1ccccc1Oc1cccc(Oc2ccc(Oc3cccc(Oc4ccccc4Oc4ccccc4N)c3)cc2)c1. The van der Waals surface area contributed by atoms with Gasteiger partial charge in [-0.1, -0.05) is 60.7 Å². The molecule has 0 amide bonds. The molecule has 0 saturated heterocycles. The molecular formula is C42H32N2O6. The lowest BCUT2D eigenvalue weighted by Crippen LogP contribution is -1.94. The van der Waals surface area contributed by atoms with Crippen molar-refractivity contribution in [1.82, 2.24) is 0 Å². The van der Waals surface area contributed by atoms with Crippen molar-refractivity contribution in [3.8, 4) is 69.0 Å². The number of benzene rings is 7. The molecule has 0 fully saturated rings. The Kier molecular flexibility index (Phi) is 9.33. The molecule has 0 radical (unpaired) electrons. The highest BCUT2D eigenvalue weighted by atomic mass is 16.5. The standard InChI is InChI=1S/C42H32N2O6/c43-35-15-1-3-17-37(35)49-41-21-7-5-19-39(41)47-33-13-9-11-31(27-33)45-29-23-25-30(26-24-29)46-32-12-10-14-34(28-32)48-40-20-6-8-22-42(40)50-38-18-4-2-16-36(38)44/h1-28H,43-44H2. The van der Waals surface area contributed by atoms with Crippen molar-refractivity contribution >= 4 is 11.4 Å². The van der Waals surface area contributed by atoms with E-state index in [1.54, 1.807) is 12.1 Å². The maximum Gasteiger partial charge on any atom is 0.170 e. The van der Waals surface area contributed by atoms with Gasteiger partial charge in [-0.3, -0.25) is 0 Å². The van der Waals surface area contributed by atoms with Crippen molar-refractivity contribution in [2.75, 3.05) is 11.5 Å². The van der Waals surface area contributed by atoms with Gasteiger partial charge in [0.25, 0.3) is 0 Å². The van der Waals surface area contributed by atoms with Gasteiger partial charge in [0.1, 0.15) is 34.5 Å². The Morgan fingerprint density at radius 1 is 0.240 bits per heavy atom. The molecule has 50 heavy (non-hydrogen) atoms. The first-order chi connectivity index (χ1) is 24.6. The first-order valence-electron chi connectivity index (χ1n) is 15.8. The van der Waals surface area contributed by atoms with Gasteiger partial charge in [0.2, 0.25) is 0 Å². The Balaban J connectivity index is 0.985. The van der Waals surface area contributed by atoms with E-state index < -0.39 is 0 Å². The molecular weight excluding hydrogens is 628 g/mol. The van der Waals surface area contributed by atoms with Gasteiger partial charge in [-0.05, 0) is 97.1 Å². The fourth-order valence-corrected chi connectivity index (χ4v) is 4.93. The van der Waals surface area contributed by atoms with Gasteiger partial charge >= 0.3 is 0 Å². The van der Waals surface area contributed by atoms with Gasteiger partial charge in [-0.25, -0.2) is 0 Å². The number of hydrogen-bond acceptors (Lipinski definition) is 8. The molecule has 0 aromatic heterocycles. The van der Waals surface area contributed by atoms with Gasteiger partial charge in [-0.15, -0.1) is 0 Å². The zero-order valence-corrected chi connectivity index (χ0v) is 26.8. The van der Waals surface area contributed by atoms with Crippen LogP contribution < -0.4 is 39.9 Å². The molecule has 0 bridgehead atoms. The van der Waals surface area contributed by atoms with Crippen LogP contribution in [0.5, 0.6) is 69.0 Å². The normalized spacial score (nSPS) is 10.6. The molecule has 4 N–H and O–H groups in total. The molecule has 0 heterocycles. The Morgan fingerprint density at radius 3 is 0.900 bits per heavy atom. The molecule has 0 unspecified atom stereocenters. The van der Waals surface area contributed by atoms with Crippen LogP contribution in [0, 0.1) is 0 Å². The summed E-state index contributed by atoms with van der Waals surface area (Å²) in [5.41, 5.74) is 13.2. The van der Waals surface area contributed by atoms with E-state index in [-0.39, 0.29) is 0 Å². The first-order valence-corrected chi connectivity index (χ1v) is 15.8. The number of rotatable bonds is 12. The molecule has 7 aromatic carbocycles. The van der Waals surface area contributed by atoms with Crippen LogP contribution in [0.1, 0.15) is 0 Å². The molecule has 246 valence electrons. The first kappa shape index (κ1) is 31.5. The Hall–Kier alpha value is -7.06. The predicted octanol–water partition coefficient (Wildman–Crippen LogP) is 11.6. The zero-order chi connectivity index (χ0) is 34.1. The summed E-state index contributed by atoms with van der Waals surface area (Å²) in [7, 11) is 0. The van der Waals surface area contributed by atoms with Crippen molar-refractivity contribution in [3.63, 3.8) is 0 Å². The number of para-hydroxylation sites is 8. The Bertz CT molecular complexity index is 2060. The average molecular weight is 661 g/mol. The Morgan fingerprint density at radius 2 is 0.540 bits per heavy atom. The largest absolute Gasteiger partial charge is 0.457 e. The van der Waals surface area contributed by atoms with Crippen LogP contribution in [0.4, 0.5) is 11.4 Å². The summed E-state index contributed by atoms with van der Waals surface area (Å²) >= 11 is 0. The lowest BCUT2D eigenvalue weighted by molar-refractivity contribution is 0.415. The van der Waals surface area contributed by atoms with Crippen molar-refractivity contribution in [3.05, 3.63) is 170 Å². The van der Waals surface area contributed by atoms with Gasteiger partial charge < -0.3 is 39.9 Å². The zero-order valence-electron chi connectivity index (χ0n) is 26.8. The van der Waals surface area contributed by atoms with Crippen LogP contribution >= 0.6 is 0 Å². The molecule has 7 rings (SSSR count). The topological polar surface area (TPSA) is 107 Å². The quantitative estimate of drug-likeness (QED) is 0.125. The van der Waals surface area contributed by atoms with Gasteiger partial charge in [0.15, 0.2) is 34.5 Å². The van der Waals surface area contributed by atoms with Crippen molar-refractivity contribution < 1.29 is 28.4 Å². The number of nitrogens with two attached hydrogens (primary N) is 2. The number of hydrogen-bond donors (Lipinski definition) is 2. The van der Waals surface area contributed by atoms with Crippen LogP contribution in [0.15, 0.2) is 170 Å². The summed E-state index contributed by atoms with van der Waals surface area (Å²) < 4.78 is 36.7. The van der Waals surface area contributed by atoms with Crippen LogP contribution in [-0.4, -0.2) is 0 Å². The molecule has 0 spiro atoms.